The highest BCUT2D eigenvalue weighted by atomic mass is 32.1. The van der Waals surface area contributed by atoms with Gasteiger partial charge in [-0.2, -0.15) is 4.52 Å². The van der Waals surface area contributed by atoms with E-state index in [1.165, 1.54) is 15.9 Å². The molecule has 2 aliphatic heterocycles. The molecule has 1 aliphatic carbocycles. The van der Waals surface area contributed by atoms with Crippen LogP contribution in [-0.4, -0.2) is 51.6 Å². The van der Waals surface area contributed by atoms with Crippen molar-refractivity contribution in [3.63, 3.8) is 0 Å². The molecule has 1 amide bonds. The zero-order valence-corrected chi connectivity index (χ0v) is 16.3. The molecule has 0 radical (unpaired) electrons. The van der Waals surface area contributed by atoms with Crippen LogP contribution < -0.4 is 10.5 Å². The van der Waals surface area contributed by atoms with Gasteiger partial charge in [0.05, 0.1) is 5.69 Å². The van der Waals surface area contributed by atoms with E-state index in [4.69, 9.17) is 4.98 Å². The summed E-state index contributed by atoms with van der Waals surface area (Å²) in [5.41, 5.74) is 1.83. The SMILES string of the molecule is O=C(C1CCN(c2nn3c(=O)c4c(nc3s2)CCCC4)CC1)N1CCCC1. The minimum atomic E-state index is 0.0105. The molecule has 0 unspecified atom stereocenters. The molecule has 2 aromatic heterocycles. The molecule has 2 fully saturated rings. The van der Waals surface area contributed by atoms with Crippen LogP contribution in [0.15, 0.2) is 4.79 Å². The van der Waals surface area contributed by atoms with Crippen LogP contribution in [0.25, 0.3) is 4.96 Å². The molecule has 2 saturated heterocycles. The molecule has 0 bridgehead atoms. The van der Waals surface area contributed by atoms with E-state index in [2.05, 4.69) is 10.00 Å². The van der Waals surface area contributed by atoms with Crippen LogP contribution in [0.2, 0.25) is 0 Å². The normalized spacial score (nSPS) is 21.0. The number of hydrogen-bond acceptors (Lipinski definition) is 6. The first kappa shape index (κ1) is 17.2. The number of amides is 1. The van der Waals surface area contributed by atoms with Crippen LogP contribution in [0.1, 0.15) is 49.8 Å². The fourth-order valence-electron chi connectivity index (χ4n) is 4.60. The van der Waals surface area contributed by atoms with Crippen molar-refractivity contribution in [3.8, 4) is 0 Å². The maximum absolute atomic E-state index is 12.8. The quantitative estimate of drug-likeness (QED) is 0.787. The molecule has 0 spiro atoms. The standard InChI is InChI=1S/C19H25N5O2S/c25-16(22-9-3-4-10-22)13-7-11-23(12-8-13)19-21-24-17(26)14-5-1-2-6-15(14)20-18(24)27-19/h13H,1-12H2. The summed E-state index contributed by atoms with van der Waals surface area (Å²) in [7, 11) is 0. The molecule has 27 heavy (non-hydrogen) atoms. The summed E-state index contributed by atoms with van der Waals surface area (Å²) in [5, 5.41) is 5.44. The van der Waals surface area contributed by atoms with Gasteiger partial charge >= 0.3 is 0 Å². The van der Waals surface area contributed by atoms with Gasteiger partial charge in [-0.25, -0.2) is 4.98 Å². The van der Waals surface area contributed by atoms with E-state index in [0.29, 0.717) is 10.9 Å². The number of carbonyl (C=O) groups excluding carboxylic acids is 1. The van der Waals surface area contributed by atoms with E-state index < -0.39 is 0 Å². The monoisotopic (exact) mass is 387 g/mol. The highest BCUT2D eigenvalue weighted by Gasteiger charge is 2.31. The third kappa shape index (κ3) is 3.03. The van der Waals surface area contributed by atoms with Crippen molar-refractivity contribution in [2.75, 3.05) is 31.1 Å². The summed E-state index contributed by atoms with van der Waals surface area (Å²) in [6.45, 7) is 3.49. The molecule has 8 heteroatoms. The largest absolute Gasteiger partial charge is 0.347 e. The Morgan fingerprint density at radius 2 is 1.74 bits per heavy atom. The zero-order valence-electron chi connectivity index (χ0n) is 15.5. The van der Waals surface area contributed by atoms with E-state index in [0.717, 1.165) is 93.9 Å². The third-order valence-corrected chi connectivity index (χ3v) is 7.17. The fraction of sp³-hybridized carbons (Fsp3) is 0.684. The predicted octanol–water partition coefficient (Wildman–Crippen LogP) is 1.87. The molecule has 3 aliphatic rings. The number of carbonyl (C=O) groups is 1. The summed E-state index contributed by atoms with van der Waals surface area (Å²) in [5.74, 6) is 0.476. The predicted molar refractivity (Wildman–Crippen MR) is 105 cm³/mol. The van der Waals surface area contributed by atoms with Crippen LogP contribution in [-0.2, 0) is 17.6 Å². The number of piperidine rings is 1. The van der Waals surface area contributed by atoms with Gasteiger partial charge in [0.2, 0.25) is 16.0 Å². The maximum Gasteiger partial charge on any atom is 0.278 e. The summed E-state index contributed by atoms with van der Waals surface area (Å²) in [6, 6.07) is 0. The second kappa shape index (κ2) is 6.89. The molecule has 2 aromatic rings. The number of rotatable bonds is 2. The van der Waals surface area contributed by atoms with Crippen LogP contribution in [0.5, 0.6) is 0 Å². The Kier molecular flexibility index (Phi) is 4.38. The minimum absolute atomic E-state index is 0.0105. The number of fused-ring (bicyclic) bond motifs is 2. The summed E-state index contributed by atoms with van der Waals surface area (Å²) < 4.78 is 1.49. The Morgan fingerprint density at radius 1 is 1.00 bits per heavy atom. The van der Waals surface area contributed by atoms with Gasteiger partial charge in [-0.15, -0.1) is 5.10 Å². The lowest BCUT2D eigenvalue weighted by Crippen LogP contribution is -2.41. The van der Waals surface area contributed by atoms with Gasteiger partial charge in [-0.1, -0.05) is 11.3 Å². The van der Waals surface area contributed by atoms with E-state index >= 15 is 0 Å². The molecule has 0 N–H and O–H groups in total. The Bertz CT molecular complexity index is 922. The Morgan fingerprint density at radius 3 is 2.52 bits per heavy atom. The van der Waals surface area contributed by atoms with Crippen molar-refractivity contribution in [3.05, 3.63) is 21.6 Å². The summed E-state index contributed by atoms with van der Waals surface area (Å²) in [6.07, 6.45) is 7.91. The van der Waals surface area contributed by atoms with Gasteiger partial charge < -0.3 is 9.80 Å². The molecule has 0 saturated carbocycles. The molecule has 144 valence electrons. The first-order valence-corrected chi connectivity index (χ1v) is 11.0. The molecule has 4 heterocycles. The fourth-order valence-corrected chi connectivity index (χ4v) is 5.57. The first-order valence-electron chi connectivity index (χ1n) is 10.2. The average Bonchev–Trinajstić information content (AvgIpc) is 3.38. The van der Waals surface area contributed by atoms with Crippen molar-refractivity contribution in [2.24, 2.45) is 5.92 Å². The number of hydrogen-bond donors (Lipinski definition) is 0. The topological polar surface area (TPSA) is 70.8 Å². The van der Waals surface area contributed by atoms with Crippen LogP contribution in [0.3, 0.4) is 0 Å². The van der Waals surface area contributed by atoms with Crippen LogP contribution in [0, 0.1) is 5.92 Å². The number of aryl methyl sites for hydroxylation is 1. The lowest BCUT2D eigenvalue weighted by atomic mass is 9.95. The molecular formula is C19H25N5O2S. The summed E-state index contributed by atoms with van der Waals surface area (Å²) in [4.78, 5) is 35.0. The number of aromatic nitrogens is 3. The molecule has 0 atom stereocenters. The van der Waals surface area contributed by atoms with E-state index in [9.17, 15) is 9.59 Å². The second-order valence-corrected chi connectivity index (χ2v) is 8.86. The number of nitrogens with zero attached hydrogens (tertiary/aromatic N) is 5. The minimum Gasteiger partial charge on any atom is -0.347 e. The van der Waals surface area contributed by atoms with Gasteiger partial charge in [0.25, 0.3) is 5.56 Å². The molecule has 5 rings (SSSR count). The van der Waals surface area contributed by atoms with Gasteiger partial charge in [0, 0.05) is 37.7 Å². The Balaban J connectivity index is 1.34. The van der Waals surface area contributed by atoms with Crippen molar-refractivity contribution in [1.29, 1.82) is 0 Å². The van der Waals surface area contributed by atoms with Gasteiger partial charge in [0.15, 0.2) is 0 Å². The Hall–Kier alpha value is -1.96. The molecule has 7 nitrogen and oxygen atoms in total. The smallest absolute Gasteiger partial charge is 0.278 e. The van der Waals surface area contributed by atoms with E-state index in [1.54, 1.807) is 0 Å². The van der Waals surface area contributed by atoms with Crippen LogP contribution >= 0.6 is 11.3 Å². The van der Waals surface area contributed by atoms with Crippen molar-refractivity contribution >= 4 is 27.3 Å². The lowest BCUT2D eigenvalue weighted by Gasteiger charge is -2.32. The van der Waals surface area contributed by atoms with Gasteiger partial charge in [-0.05, 0) is 51.4 Å². The number of likely N-dealkylation sites (tertiary alicyclic amines) is 1. The maximum atomic E-state index is 12.8. The molecule has 0 aromatic carbocycles. The van der Waals surface area contributed by atoms with Gasteiger partial charge in [-0.3, -0.25) is 9.59 Å². The Labute approximate surface area is 162 Å². The zero-order chi connectivity index (χ0) is 18.4. The molecular weight excluding hydrogens is 362 g/mol. The lowest BCUT2D eigenvalue weighted by molar-refractivity contribution is -0.135. The highest BCUT2D eigenvalue weighted by Crippen LogP contribution is 2.29. The highest BCUT2D eigenvalue weighted by molar-refractivity contribution is 7.20. The van der Waals surface area contributed by atoms with Crippen molar-refractivity contribution < 1.29 is 4.79 Å². The van der Waals surface area contributed by atoms with Crippen LogP contribution in [0.4, 0.5) is 5.13 Å². The average molecular weight is 388 g/mol. The van der Waals surface area contributed by atoms with E-state index in [-0.39, 0.29) is 11.5 Å². The van der Waals surface area contributed by atoms with Crippen molar-refractivity contribution in [1.82, 2.24) is 19.5 Å². The third-order valence-electron chi connectivity index (χ3n) is 6.20. The van der Waals surface area contributed by atoms with Gasteiger partial charge in [0.1, 0.15) is 0 Å². The first-order chi connectivity index (χ1) is 13.2. The summed E-state index contributed by atoms with van der Waals surface area (Å²) >= 11 is 1.50. The number of anilines is 1. The van der Waals surface area contributed by atoms with E-state index in [1.807, 2.05) is 4.90 Å². The second-order valence-electron chi connectivity index (χ2n) is 7.92. The van der Waals surface area contributed by atoms with Crippen molar-refractivity contribution in [2.45, 2.75) is 51.4 Å².